The minimum atomic E-state index is -0.623. The van der Waals surface area contributed by atoms with Gasteiger partial charge in [-0.3, -0.25) is 0 Å². The maximum absolute atomic E-state index is 10.1. The van der Waals surface area contributed by atoms with Crippen LogP contribution in [0, 0.1) is 5.41 Å². The number of aliphatic hydroxyl groups excluding tert-OH is 1. The van der Waals surface area contributed by atoms with Crippen molar-refractivity contribution in [3.05, 3.63) is 33.3 Å². The van der Waals surface area contributed by atoms with Crippen molar-refractivity contribution < 1.29 is 5.11 Å². The molecule has 0 fully saturated rings. The number of nitrogens with two attached hydrogens (primary N) is 1. The molecule has 0 unspecified atom stereocenters. The molecule has 1 rings (SSSR count). The van der Waals surface area contributed by atoms with Crippen molar-refractivity contribution >= 4 is 39.9 Å². The van der Waals surface area contributed by atoms with E-state index in [1.807, 2.05) is 26.8 Å². The predicted molar refractivity (Wildman–Crippen MR) is 78.8 cm³/mol. The SMILES string of the molecule is CC(C)(C)[C@@H](O)[C@@H](N)c1cc(Cl)ccc1Br.Cl. The lowest BCUT2D eigenvalue weighted by Gasteiger charge is -2.31. The van der Waals surface area contributed by atoms with E-state index in [2.05, 4.69) is 15.9 Å². The monoisotopic (exact) mass is 341 g/mol. The summed E-state index contributed by atoms with van der Waals surface area (Å²) in [5, 5.41) is 10.8. The van der Waals surface area contributed by atoms with Crippen LogP contribution in [0.25, 0.3) is 0 Å². The molecule has 0 aromatic heterocycles. The van der Waals surface area contributed by atoms with Gasteiger partial charge in [0.15, 0.2) is 0 Å². The second-order valence-electron chi connectivity index (χ2n) is 5.00. The first-order valence-electron chi connectivity index (χ1n) is 5.12. The van der Waals surface area contributed by atoms with Gasteiger partial charge in [-0.15, -0.1) is 12.4 Å². The first-order valence-corrected chi connectivity index (χ1v) is 6.29. The van der Waals surface area contributed by atoms with E-state index >= 15 is 0 Å². The average Bonchev–Trinajstić information content (AvgIpc) is 2.18. The van der Waals surface area contributed by atoms with Gasteiger partial charge in [-0.2, -0.15) is 0 Å². The summed E-state index contributed by atoms with van der Waals surface area (Å²) < 4.78 is 0.868. The van der Waals surface area contributed by atoms with Gasteiger partial charge in [0, 0.05) is 9.50 Å². The van der Waals surface area contributed by atoms with Gasteiger partial charge in [-0.25, -0.2) is 0 Å². The summed E-state index contributed by atoms with van der Waals surface area (Å²) in [7, 11) is 0. The first-order chi connectivity index (χ1) is 7.23. The predicted octanol–water partition coefficient (Wildman–Crippen LogP) is 3.93. The number of hydrogen-bond acceptors (Lipinski definition) is 2. The number of benzene rings is 1. The third kappa shape index (κ3) is 4.42. The second-order valence-corrected chi connectivity index (χ2v) is 6.29. The van der Waals surface area contributed by atoms with Gasteiger partial charge < -0.3 is 10.8 Å². The van der Waals surface area contributed by atoms with Gasteiger partial charge in [-0.1, -0.05) is 48.3 Å². The van der Waals surface area contributed by atoms with Crippen LogP contribution >= 0.6 is 39.9 Å². The Morgan fingerprint density at radius 1 is 1.35 bits per heavy atom. The third-order valence-electron chi connectivity index (χ3n) is 2.54. The molecule has 0 aliphatic carbocycles. The van der Waals surface area contributed by atoms with Crippen molar-refractivity contribution in [1.82, 2.24) is 0 Å². The van der Waals surface area contributed by atoms with Gasteiger partial charge >= 0.3 is 0 Å². The summed E-state index contributed by atoms with van der Waals surface area (Å²) in [6, 6.07) is 4.96. The van der Waals surface area contributed by atoms with Crippen molar-refractivity contribution in [2.45, 2.75) is 32.9 Å². The standard InChI is InChI=1S/C12H17BrClNO.ClH/c1-12(2,3)11(16)10(15)8-6-7(14)4-5-9(8)13;/h4-6,10-11,16H,15H2,1-3H3;1H/t10-,11-;/m0./s1. The van der Waals surface area contributed by atoms with Gasteiger partial charge in [-0.05, 0) is 29.2 Å². The van der Waals surface area contributed by atoms with Crippen molar-refractivity contribution in [2.75, 3.05) is 0 Å². The lowest BCUT2D eigenvalue weighted by molar-refractivity contribution is 0.0399. The van der Waals surface area contributed by atoms with Gasteiger partial charge in [0.25, 0.3) is 0 Å². The molecule has 0 saturated carbocycles. The Kier molecular flexibility index (Phi) is 6.47. The van der Waals surface area contributed by atoms with E-state index in [9.17, 15) is 5.11 Å². The Morgan fingerprint density at radius 2 is 1.88 bits per heavy atom. The van der Waals surface area contributed by atoms with E-state index in [0.717, 1.165) is 10.0 Å². The Morgan fingerprint density at radius 3 is 2.35 bits per heavy atom. The van der Waals surface area contributed by atoms with Crippen molar-refractivity contribution in [1.29, 1.82) is 0 Å². The van der Waals surface area contributed by atoms with Crippen LogP contribution in [0.4, 0.5) is 0 Å². The molecule has 0 radical (unpaired) electrons. The molecule has 1 aromatic carbocycles. The van der Waals surface area contributed by atoms with Crippen LogP contribution in [0.2, 0.25) is 5.02 Å². The molecule has 2 nitrogen and oxygen atoms in total. The molecule has 1 aromatic rings. The van der Waals surface area contributed by atoms with E-state index in [-0.39, 0.29) is 17.8 Å². The first kappa shape index (κ1) is 17.2. The molecular formula is C12H18BrCl2NO. The Hall–Kier alpha value is 0.200. The molecule has 98 valence electrons. The average molecular weight is 343 g/mol. The molecule has 0 heterocycles. The highest BCUT2D eigenvalue weighted by atomic mass is 79.9. The van der Waals surface area contributed by atoms with E-state index in [0.29, 0.717) is 5.02 Å². The van der Waals surface area contributed by atoms with Crippen LogP contribution in [0.3, 0.4) is 0 Å². The lowest BCUT2D eigenvalue weighted by atomic mass is 9.82. The second kappa shape index (κ2) is 6.39. The maximum atomic E-state index is 10.1. The van der Waals surface area contributed by atoms with Crippen LogP contribution in [0.5, 0.6) is 0 Å². The van der Waals surface area contributed by atoms with E-state index in [1.165, 1.54) is 0 Å². The van der Waals surface area contributed by atoms with Crippen LogP contribution in [0.15, 0.2) is 22.7 Å². The zero-order valence-electron chi connectivity index (χ0n) is 10.1. The largest absolute Gasteiger partial charge is 0.391 e. The van der Waals surface area contributed by atoms with Crippen LogP contribution in [-0.2, 0) is 0 Å². The van der Waals surface area contributed by atoms with E-state index in [1.54, 1.807) is 12.1 Å². The van der Waals surface area contributed by atoms with Crippen LogP contribution in [0.1, 0.15) is 32.4 Å². The molecule has 0 amide bonds. The van der Waals surface area contributed by atoms with Gasteiger partial charge in [0.2, 0.25) is 0 Å². The summed E-state index contributed by atoms with van der Waals surface area (Å²) in [5.74, 6) is 0. The zero-order valence-corrected chi connectivity index (χ0v) is 13.2. The summed E-state index contributed by atoms with van der Waals surface area (Å²) >= 11 is 9.34. The number of aliphatic hydroxyl groups is 1. The molecule has 3 N–H and O–H groups in total. The number of halogens is 3. The summed E-state index contributed by atoms with van der Waals surface area (Å²) in [5.41, 5.74) is 6.62. The summed E-state index contributed by atoms with van der Waals surface area (Å²) in [6.45, 7) is 5.86. The normalized spacial score (nSPS) is 15.0. The number of rotatable bonds is 2. The lowest BCUT2D eigenvalue weighted by Crippen LogP contribution is -2.37. The molecule has 0 saturated heterocycles. The van der Waals surface area contributed by atoms with Crippen LogP contribution in [-0.4, -0.2) is 11.2 Å². The Balaban J connectivity index is 0.00000256. The molecular weight excluding hydrogens is 325 g/mol. The molecule has 0 spiro atoms. The van der Waals surface area contributed by atoms with E-state index in [4.69, 9.17) is 17.3 Å². The fourth-order valence-electron chi connectivity index (χ4n) is 1.48. The fraction of sp³-hybridized carbons (Fsp3) is 0.500. The van der Waals surface area contributed by atoms with Gasteiger partial charge in [0.05, 0.1) is 12.1 Å². The smallest absolute Gasteiger partial charge is 0.0781 e. The van der Waals surface area contributed by atoms with Crippen molar-refractivity contribution in [3.63, 3.8) is 0 Å². The highest BCUT2D eigenvalue weighted by molar-refractivity contribution is 9.10. The molecule has 2 atom stereocenters. The van der Waals surface area contributed by atoms with Crippen molar-refractivity contribution in [2.24, 2.45) is 11.1 Å². The molecule has 0 aliphatic rings. The maximum Gasteiger partial charge on any atom is 0.0781 e. The minimum Gasteiger partial charge on any atom is -0.391 e. The summed E-state index contributed by atoms with van der Waals surface area (Å²) in [6.07, 6.45) is -0.623. The molecule has 0 bridgehead atoms. The minimum absolute atomic E-state index is 0. The van der Waals surface area contributed by atoms with Crippen molar-refractivity contribution in [3.8, 4) is 0 Å². The quantitative estimate of drug-likeness (QED) is 0.855. The Bertz CT molecular complexity index is 379. The molecule has 17 heavy (non-hydrogen) atoms. The Labute approximate surface area is 122 Å². The topological polar surface area (TPSA) is 46.2 Å². The number of hydrogen-bond donors (Lipinski definition) is 2. The fourth-order valence-corrected chi connectivity index (χ4v) is 2.17. The zero-order chi connectivity index (χ0) is 12.5. The summed E-state index contributed by atoms with van der Waals surface area (Å²) in [4.78, 5) is 0. The van der Waals surface area contributed by atoms with E-state index < -0.39 is 12.1 Å². The molecule has 5 heteroatoms. The van der Waals surface area contributed by atoms with Gasteiger partial charge in [0.1, 0.15) is 0 Å². The highest BCUT2D eigenvalue weighted by Crippen LogP contribution is 2.33. The third-order valence-corrected chi connectivity index (χ3v) is 3.50. The van der Waals surface area contributed by atoms with Crippen LogP contribution < -0.4 is 5.73 Å². The highest BCUT2D eigenvalue weighted by Gasteiger charge is 2.30. The molecule has 0 aliphatic heterocycles.